The van der Waals surface area contributed by atoms with Crippen molar-refractivity contribution in [3.63, 3.8) is 0 Å². The smallest absolute Gasteiger partial charge is 0.180 e. The van der Waals surface area contributed by atoms with Crippen LogP contribution in [0.2, 0.25) is 0 Å². The van der Waals surface area contributed by atoms with Crippen LogP contribution in [0.4, 0.5) is 0 Å². The maximum atomic E-state index is 11.3. The molecule has 0 spiro atoms. The Morgan fingerprint density at radius 2 is 2.00 bits per heavy atom. The lowest BCUT2D eigenvalue weighted by atomic mass is 10.1. The van der Waals surface area contributed by atoms with E-state index in [0.717, 1.165) is 12.0 Å². The molecule has 0 heterocycles. The van der Waals surface area contributed by atoms with Gasteiger partial charge in [0.15, 0.2) is 5.78 Å². The minimum atomic E-state index is 0.140. The first-order valence-corrected chi connectivity index (χ1v) is 4.26. The third-order valence-electron chi connectivity index (χ3n) is 1.43. The number of ketones is 1. The van der Waals surface area contributed by atoms with Crippen LogP contribution in [0, 0.1) is 0 Å². The normalized spacial score (nSPS) is 11.2. The molecule has 0 saturated heterocycles. The predicted octanol–water partition coefficient (Wildman–Crippen LogP) is 2.39. The number of carbonyl (C=O) groups is 1. The Balaban J connectivity index is 4.38. The van der Waals surface area contributed by atoms with Crippen molar-refractivity contribution in [3.8, 4) is 0 Å². The molecule has 12 heavy (non-hydrogen) atoms. The van der Waals surface area contributed by atoms with Gasteiger partial charge in [0.1, 0.15) is 0 Å². The van der Waals surface area contributed by atoms with Crippen molar-refractivity contribution in [1.29, 1.82) is 0 Å². The van der Waals surface area contributed by atoms with Crippen molar-refractivity contribution < 1.29 is 4.79 Å². The van der Waals surface area contributed by atoms with Crippen LogP contribution in [0.1, 0.15) is 33.6 Å². The Morgan fingerprint density at radius 1 is 1.42 bits per heavy atom. The van der Waals surface area contributed by atoms with E-state index in [1.54, 1.807) is 7.05 Å². The second-order valence-electron chi connectivity index (χ2n) is 3.00. The van der Waals surface area contributed by atoms with Crippen LogP contribution < -0.4 is 0 Å². The molecule has 0 aliphatic carbocycles. The maximum absolute atomic E-state index is 11.3. The molecule has 0 unspecified atom stereocenters. The summed E-state index contributed by atoms with van der Waals surface area (Å²) in [6.45, 7) is 5.92. The summed E-state index contributed by atoms with van der Waals surface area (Å²) >= 11 is 0. The van der Waals surface area contributed by atoms with Gasteiger partial charge in [-0.2, -0.15) is 0 Å². The fourth-order valence-electron chi connectivity index (χ4n) is 0.898. The fraction of sp³-hybridized carbons (Fsp3) is 0.600. The van der Waals surface area contributed by atoms with Gasteiger partial charge in [0.2, 0.25) is 0 Å². The van der Waals surface area contributed by atoms with E-state index in [0.29, 0.717) is 12.1 Å². The van der Waals surface area contributed by atoms with Gasteiger partial charge in [-0.1, -0.05) is 12.5 Å². The van der Waals surface area contributed by atoms with Gasteiger partial charge >= 0.3 is 0 Å². The van der Waals surface area contributed by atoms with E-state index in [1.165, 1.54) is 0 Å². The Bertz CT molecular complexity index is 210. The van der Waals surface area contributed by atoms with E-state index in [4.69, 9.17) is 0 Å². The second-order valence-corrected chi connectivity index (χ2v) is 3.00. The monoisotopic (exact) mass is 167 g/mol. The molecule has 0 amide bonds. The quantitative estimate of drug-likeness (QED) is 0.591. The first kappa shape index (κ1) is 11.1. The van der Waals surface area contributed by atoms with Gasteiger partial charge < -0.3 is 0 Å². The topological polar surface area (TPSA) is 29.4 Å². The van der Waals surface area contributed by atoms with E-state index in [9.17, 15) is 4.79 Å². The number of Topliss-reactive ketones (excluding diaryl/α,β-unsaturated/α-hetero) is 1. The molecule has 68 valence electrons. The summed E-state index contributed by atoms with van der Waals surface area (Å²) in [6.07, 6.45) is 3.31. The molecule has 0 radical (unpaired) electrons. The van der Waals surface area contributed by atoms with Crippen LogP contribution in [0.25, 0.3) is 0 Å². The first-order valence-electron chi connectivity index (χ1n) is 4.26. The molecule has 0 atom stereocenters. The van der Waals surface area contributed by atoms with Crippen LogP contribution in [0.5, 0.6) is 0 Å². The van der Waals surface area contributed by atoms with Crippen LogP contribution in [0.3, 0.4) is 0 Å². The zero-order valence-electron chi connectivity index (χ0n) is 8.35. The van der Waals surface area contributed by atoms with Crippen molar-refractivity contribution in [3.05, 3.63) is 11.6 Å². The van der Waals surface area contributed by atoms with Crippen molar-refractivity contribution in [2.24, 2.45) is 4.99 Å². The summed E-state index contributed by atoms with van der Waals surface area (Å²) in [4.78, 5) is 15.3. The number of hydrogen-bond donors (Lipinski definition) is 0. The molecule has 0 N–H and O–H groups in total. The van der Waals surface area contributed by atoms with Crippen LogP contribution in [-0.2, 0) is 4.79 Å². The van der Waals surface area contributed by atoms with Gasteiger partial charge in [-0.3, -0.25) is 9.79 Å². The molecule has 0 rings (SSSR count). The maximum Gasteiger partial charge on any atom is 0.180 e. The molecule has 0 fully saturated rings. The molecule has 0 aromatic rings. The highest BCUT2D eigenvalue weighted by Gasteiger charge is 2.05. The lowest BCUT2D eigenvalue weighted by Gasteiger charge is -1.98. The van der Waals surface area contributed by atoms with Crippen LogP contribution >= 0.6 is 0 Å². The van der Waals surface area contributed by atoms with E-state index < -0.39 is 0 Å². The number of rotatable bonds is 4. The summed E-state index contributed by atoms with van der Waals surface area (Å²) < 4.78 is 0. The Morgan fingerprint density at radius 3 is 2.33 bits per heavy atom. The minimum absolute atomic E-state index is 0.140. The first-order chi connectivity index (χ1) is 5.61. The molecule has 0 aromatic carbocycles. The minimum Gasteiger partial charge on any atom is -0.292 e. The van der Waals surface area contributed by atoms with E-state index in [1.807, 2.05) is 26.8 Å². The second kappa shape index (κ2) is 5.70. The zero-order valence-corrected chi connectivity index (χ0v) is 8.35. The average Bonchev–Trinajstić information content (AvgIpc) is 2.00. The summed E-state index contributed by atoms with van der Waals surface area (Å²) in [7, 11) is 1.66. The van der Waals surface area contributed by atoms with E-state index in [2.05, 4.69) is 4.99 Å². The molecule has 2 nitrogen and oxygen atoms in total. The molecule has 0 bridgehead atoms. The molecule has 0 aliphatic heterocycles. The van der Waals surface area contributed by atoms with E-state index in [-0.39, 0.29) is 5.78 Å². The molecule has 2 heteroatoms. The highest BCUT2D eigenvalue weighted by molar-refractivity contribution is 6.44. The SMILES string of the molecule is CCCC(=O)C(C=C(C)C)=NC. The summed E-state index contributed by atoms with van der Waals surface area (Å²) in [5.74, 6) is 0.140. The number of hydrogen-bond acceptors (Lipinski definition) is 2. The highest BCUT2D eigenvalue weighted by atomic mass is 16.1. The molecule has 0 aromatic heterocycles. The third-order valence-corrected chi connectivity index (χ3v) is 1.43. The van der Waals surface area contributed by atoms with Crippen LogP contribution in [-0.4, -0.2) is 18.5 Å². The Labute approximate surface area is 74.4 Å². The average molecular weight is 167 g/mol. The van der Waals surface area contributed by atoms with Gasteiger partial charge in [0.25, 0.3) is 0 Å². The lowest BCUT2D eigenvalue weighted by Crippen LogP contribution is -2.11. The van der Waals surface area contributed by atoms with E-state index >= 15 is 0 Å². The summed E-state index contributed by atoms with van der Waals surface area (Å²) in [6, 6.07) is 0. The molecular formula is C10H17NO. The van der Waals surface area contributed by atoms with Gasteiger partial charge in [0, 0.05) is 13.5 Å². The van der Waals surface area contributed by atoms with Crippen molar-refractivity contribution in [2.45, 2.75) is 33.6 Å². The largest absolute Gasteiger partial charge is 0.292 e. The Hall–Kier alpha value is -0.920. The fourth-order valence-corrected chi connectivity index (χ4v) is 0.898. The number of carbonyl (C=O) groups excluding carboxylic acids is 1. The predicted molar refractivity (Wildman–Crippen MR) is 52.7 cm³/mol. The van der Waals surface area contributed by atoms with Crippen molar-refractivity contribution in [2.75, 3.05) is 7.05 Å². The molecule has 0 aliphatic rings. The molecule has 0 saturated carbocycles. The van der Waals surface area contributed by atoms with Gasteiger partial charge in [-0.05, 0) is 26.3 Å². The number of aliphatic imine (C=N–C) groups is 1. The van der Waals surface area contributed by atoms with Gasteiger partial charge in [0.05, 0.1) is 5.71 Å². The van der Waals surface area contributed by atoms with Gasteiger partial charge in [-0.25, -0.2) is 0 Å². The summed E-state index contributed by atoms with van der Waals surface area (Å²) in [5.41, 5.74) is 1.71. The van der Waals surface area contributed by atoms with Gasteiger partial charge in [-0.15, -0.1) is 0 Å². The summed E-state index contributed by atoms with van der Waals surface area (Å²) in [5, 5.41) is 0. The van der Waals surface area contributed by atoms with Crippen molar-refractivity contribution in [1.82, 2.24) is 0 Å². The Kier molecular flexibility index (Phi) is 5.26. The zero-order chi connectivity index (χ0) is 9.56. The molecular weight excluding hydrogens is 150 g/mol. The lowest BCUT2D eigenvalue weighted by molar-refractivity contribution is -0.112. The standard InChI is InChI=1S/C10H17NO/c1-5-6-10(12)9(11-4)7-8(2)3/h7H,5-6H2,1-4H3. The number of allylic oxidation sites excluding steroid dienone is 2. The van der Waals surface area contributed by atoms with Crippen molar-refractivity contribution >= 4 is 11.5 Å². The van der Waals surface area contributed by atoms with Crippen LogP contribution in [0.15, 0.2) is 16.6 Å². The third kappa shape index (κ3) is 4.06. The number of nitrogens with zero attached hydrogens (tertiary/aromatic N) is 1. The highest BCUT2D eigenvalue weighted by Crippen LogP contribution is 1.97.